The number of carbonyl (C=O) groups is 2. The number of methoxy groups -OCH3 is 2. The summed E-state index contributed by atoms with van der Waals surface area (Å²) < 4.78 is 147. The Morgan fingerprint density at radius 1 is 0.721 bits per heavy atom. The number of halogens is 6. The zero-order chi connectivity index (χ0) is 50.9. The number of piperidine rings is 2. The van der Waals surface area contributed by atoms with Gasteiger partial charge >= 0.3 is 12.4 Å². The molecule has 0 radical (unpaired) electrons. The summed E-state index contributed by atoms with van der Waals surface area (Å²) in [6.07, 6.45) is -1.81. The summed E-state index contributed by atoms with van der Waals surface area (Å²) in [4.78, 5) is 41.2. The van der Waals surface area contributed by atoms with Crippen LogP contribution in [0.1, 0.15) is 75.6 Å². The van der Waals surface area contributed by atoms with Crippen LogP contribution in [0.4, 0.5) is 43.9 Å². The number of carbonyl (C=O) groups excluding carboxylic acids is 2. The Balaban J connectivity index is 0.000000247. The number of alkyl halides is 6. The first-order valence-electron chi connectivity index (χ1n) is 20.2. The van der Waals surface area contributed by atoms with Crippen LogP contribution in [0.5, 0.6) is 11.5 Å². The van der Waals surface area contributed by atoms with Crippen LogP contribution in [-0.2, 0) is 43.2 Å². The maximum Gasteiger partial charge on any atom is 0.416 e. The monoisotopic (exact) mass is 1020 g/mol. The number of benzene rings is 2. The van der Waals surface area contributed by atoms with Crippen LogP contribution in [0.25, 0.3) is 0 Å². The second kappa shape index (κ2) is 22.7. The van der Waals surface area contributed by atoms with Crippen molar-refractivity contribution in [2.75, 3.05) is 75.4 Å². The molecular weight excluding hydrogens is 975 g/mol. The molecule has 2 aromatic heterocycles. The quantitative estimate of drug-likeness (QED) is 0.0887. The van der Waals surface area contributed by atoms with E-state index >= 15 is 0 Å². The number of ether oxygens (including phenoxy) is 2. The Morgan fingerprint density at radius 3 is 1.50 bits per heavy atom. The number of hydrogen-bond donors (Lipinski definition) is 4. The smallest absolute Gasteiger partial charge is 0.416 e. The summed E-state index contributed by atoms with van der Waals surface area (Å²) in [5.74, 6) is -1.79. The average molecular weight is 1030 g/mol. The van der Waals surface area contributed by atoms with E-state index in [4.69, 9.17) is 26.7 Å². The van der Waals surface area contributed by atoms with Crippen LogP contribution in [0.3, 0.4) is 0 Å². The van der Waals surface area contributed by atoms with Gasteiger partial charge in [0.2, 0.25) is 42.7 Å². The second-order valence-corrected chi connectivity index (χ2v) is 20.7. The van der Waals surface area contributed by atoms with Gasteiger partial charge in [0.15, 0.2) is 0 Å². The maximum absolute atomic E-state index is 12.9. The molecule has 7 N–H and O–H groups in total. The van der Waals surface area contributed by atoms with Gasteiger partial charge in [-0.1, -0.05) is 6.92 Å². The van der Waals surface area contributed by atoms with Crippen LogP contribution in [0.2, 0.25) is 0 Å². The van der Waals surface area contributed by atoms with Crippen LogP contribution >= 0.6 is 0 Å². The molecule has 0 spiro atoms. The molecule has 0 saturated carbocycles. The molecule has 4 aromatic rings. The first-order chi connectivity index (χ1) is 31.6. The molecule has 374 valence electrons. The van der Waals surface area contributed by atoms with Crippen LogP contribution in [-0.4, -0.2) is 132 Å². The summed E-state index contributed by atoms with van der Waals surface area (Å²) in [7, 11) is -5.35. The maximum atomic E-state index is 12.9. The van der Waals surface area contributed by atoms with Crippen molar-refractivity contribution in [3.63, 3.8) is 0 Å². The molecule has 28 heteroatoms. The van der Waals surface area contributed by atoms with Gasteiger partial charge in [0.25, 0.3) is 0 Å². The predicted octanol–water partition coefficient (Wildman–Crippen LogP) is 3.97. The summed E-state index contributed by atoms with van der Waals surface area (Å²) in [6, 6.07) is 5.15. The van der Waals surface area contributed by atoms with E-state index in [-0.39, 0.29) is 74.3 Å². The molecule has 0 bridgehead atoms. The lowest BCUT2D eigenvalue weighted by molar-refractivity contribution is -0.138. The number of hydrogen-bond acceptors (Lipinski definition) is 17. The fourth-order valence-corrected chi connectivity index (χ4v) is 8.93. The number of anilines is 3. The number of ketones is 2. The minimum atomic E-state index is -4.58. The Morgan fingerprint density at radius 2 is 1.13 bits per heavy atom. The Hall–Kier alpha value is -5.55. The van der Waals surface area contributed by atoms with Crippen molar-refractivity contribution in [3.8, 4) is 11.5 Å². The summed E-state index contributed by atoms with van der Waals surface area (Å²) in [6.45, 7) is 3.55. The fourth-order valence-electron chi connectivity index (χ4n) is 6.55. The Bertz CT molecular complexity index is 2700. The Labute approximate surface area is 390 Å². The molecule has 2 fully saturated rings. The predicted molar refractivity (Wildman–Crippen MR) is 239 cm³/mol. The lowest BCUT2D eigenvalue weighted by Crippen LogP contribution is -2.42. The number of rotatable bonds is 12. The number of nitrogens with zero attached hydrogens (tertiary/aromatic N) is 6. The third-order valence-electron chi connectivity index (χ3n) is 10.3. The normalized spacial score (nSPS) is 16.1. The molecule has 6 rings (SSSR count). The molecule has 1 atom stereocenters. The molecule has 2 aliphatic heterocycles. The number of aromatic nitrogens is 4. The molecule has 0 aliphatic carbocycles. The number of nitrogens with two attached hydrogens (primary N) is 3. The van der Waals surface area contributed by atoms with Crippen molar-refractivity contribution in [1.29, 1.82) is 0 Å². The first kappa shape index (κ1) is 55.0. The van der Waals surface area contributed by atoms with E-state index in [1.54, 1.807) is 6.92 Å². The molecule has 2 aliphatic rings. The van der Waals surface area contributed by atoms with E-state index in [0.717, 1.165) is 75.9 Å². The van der Waals surface area contributed by atoms with Gasteiger partial charge in [-0.15, -0.1) is 0 Å². The van der Waals surface area contributed by atoms with E-state index in [1.807, 2.05) is 0 Å². The van der Waals surface area contributed by atoms with Crippen molar-refractivity contribution in [3.05, 3.63) is 82.2 Å². The fraction of sp³-hybridized carbons (Fsp3) is 0.450. The van der Waals surface area contributed by atoms with Crippen LogP contribution in [0.15, 0.2) is 53.9 Å². The van der Waals surface area contributed by atoms with Gasteiger partial charge in [-0.3, -0.25) is 13.8 Å². The van der Waals surface area contributed by atoms with E-state index < -0.39 is 65.9 Å². The van der Waals surface area contributed by atoms with Gasteiger partial charge in [-0.2, -0.15) is 31.3 Å². The number of sulfonamides is 2. The van der Waals surface area contributed by atoms with Crippen LogP contribution < -0.4 is 32.0 Å². The summed E-state index contributed by atoms with van der Waals surface area (Å²) in [5.41, 5.74) is 14.9. The zero-order valence-electron chi connectivity index (χ0n) is 37.2. The van der Waals surface area contributed by atoms with Gasteiger partial charge < -0.3 is 32.0 Å². The zero-order valence-corrected chi connectivity index (χ0v) is 39.7. The topological polar surface area (TPSA) is 286 Å². The summed E-state index contributed by atoms with van der Waals surface area (Å²) >= 11 is 0. The molecule has 4 heterocycles. The van der Waals surface area contributed by atoms with Crippen molar-refractivity contribution in [2.45, 2.75) is 62.2 Å². The van der Waals surface area contributed by atoms with E-state index in [9.17, 15) is 57.0 Å². The highest BCUT2D eigenvalue weighted by molar-refractivity contribution is 7.88. The SMILES string of the molecule is CCS(=O)c1ncc(C(=O)c2ccc(C(F)(F)F)cc2OC)c(N)n1.COc1cc(C(F)(F)F)ccc1C(=O)c1cnc(NC2CCN(S(C)(=O)=O)CC2)nc1N.CS(=O)(=O)N1CCC(N)CC1. The van der Waals surface area contributed by atoms with Crippen molar-refractivity contribution < 1.29 is 66.4 Å². The highest BCUT2D eigenvalue weighted by Crippen LogP contribution is 2.36. The van der Waals surface area contributed by atoms with E-state index in [2.05, 4.69) is 25.3 Å². The van der Waals surface area contributed by atoms with Gasteiger partial charge in [0.1, 0.15) is 23.1 Å². The molecule has 2 saturated heterocycles. The van der Waals surface area contributed by atoms with Crippen LogP contribution in [0, 0.1) is 0 Å². The lowest BCUT2D eigenvalue weighted by atomic mass is 10.0. The van der Waals surface area contributed by atoms with Crippen molar-refractivity contribution >= 4 is 60.0 Å². The lowest BCUT2D eigenvalue weighted by Gasteiger charge is -2.30. The molecular formula is C40H50F6N10O9S3. The Kier molecular flexibility index (Phi) is 18.4. The number of nitrogens with one attached hydrogen (secondary N) is 1. The molecule has 2 aromatic carbocycles. The van der Waals surface area contributed by atoms with Crippen molar-refractivity contribution in [1.82, 2.24) is 28.5 Å². The third kappa shape index (κ3) is 14.7. The molecule has 19 nitrogen and oxygen atoms in total. The minimum absolute atomic E-state index is 0.0177. The van der Waals surface area contributed by atoms with E-state index in [0.29, 0.717) is 39.0 Å². The molecule has 1 unspecified atom stereocenters. The van der Waals surface area contributed by atoms with E-state index in [1.165, 1.54) is 21.1 Å². The van der Waals surface area contributed by atoms with Crippen molar-refractivity contribution in [2.24, 2.45) is 5.73 Å². The molecule has 0 amide bonds. The summed E-state index contributed by atoms with van der Waals surface area (Å²) in [5, 5.41) is 3.04. The highest BCUT2D eigenvalue weighted by atomic mass is 32.2. The highest BCUT2D eigenvalue weighted by Gasteiger charge is 2.34. The van der Waals surface area contributed by atoms with Gasteiger partial charge in [-0.05, 0) is 62.1 Å². The van der Waals surface area contributed by atoms with Gasteiger partial charge in [0.05, 0.1) is 70.9 Å². The van der Waals surface area contributed by atoms with Gasteiger partial charge in [-0.25, -0.2) is 40.4 Å². The molecule has 68 heavy (non-hydrogen) atoms. The number of nitrogen functional groups attached to an aromatic ring is 2. The first-order valence-corrected chi connectivity index (χ1v) is 25.3. The largest absolute Gasteiger partial charge is 0.496 e. The average Bonchev–Trinajstić information content (AvgIpc) is 3.27. The van der Waals surface area contributed by atoms with Gasteiger partial charge in [0, 0.05) is 56.4 Å². The second-order valence-electron chi connectivity index (χ2n) is 15.1. The third-order valence-corrected chi connectivity index (χ3v) is 14.1. The minimum Gasteiger partial charge on any atom is -0.496 e. The standard InChI is InChI=1S/C19H22F3N5O4S.C15H14F3N3O3S.C6H14N2O2S/c1-31-15-9-11(19(20,21)22)3-4-13(15)16(28)14-10-24-18(26-17(14)23)25-12-5-7-27(8-6-12)32(2,29)30;1-3-25(23)14-20-7-10(13(19)21-14)12(22)9-5-4-8(15(16,17)18)6-11(9)24-2;1-11(9,10)8-4-2-6(7)3-5-8/h3-4,9-10,12H,5-8H2,1-2H3,(H3,23,24,25,26);4-7H,3H2,1-2H3,(H2,19,20,21);6H,2-5,7H2,1H3.